The number of likely N-dealkylation sites (tertiary alicyclic amines) is 1. The molecule has 0 saturated carbocycles. The van der Waals surface area contributed by atoms with Crippen molar-refractivity contribution in [3.05, 3.63) is 60.7 Å². The van der Waals surface area contributed by atoms with E-state index in [0.29, 0.717) is 5.41 Å². The van der Waals surface area contributed by atoms with E-state index in [1.165, 1.54) is 64.1 Å². The molecule has 0 bridgehead atoms. The van der Waals surface area contributed by atoms with E-state index >= 15 is 0 Å². The molecule has 0 radical (unpaired) electrons. The molecule has 2 fully saturated rings. The highest BCUT2D eigenvalue weighted by molar-refractivity contribution is 7.99. The Morgan fingerprint density at radius 2 is 1.56 bits per heavy atom. The lowest BCUT2D eigenvalue weighted by Crippen LogP contribution is -2.42. The van der Waals surface area contributed by atoms with Crippen LogP contribution in [-0.4, -0.2) is 58.1 Å². The van der Waals surface area contributed by atoms with E-state index in [1.807, 2.05) is 30.0 Å². The fourth-order valence-corrected chi connectivity index (χ4v) is 6.02. The highest BCUT2D eigenvalue weighted by atomic mass is 32.2. The first-order chi connectivity index (χ1) is 15.7. The maximum absolute atomic E-state index is 4.41. The lowest BCUT2D eigenvalue weighted by molar-refractivity contribution is 0.121. The maximum atomic E-state index is 4.41. The van der Waals surface area contributed by atoms with E-state index in [1.54, 1.807) is 0 Å². The average Bonchev–Trinajstić information content (AvgIpc) is 3.43. The molecule has 5 nitrogen and oxygen atoms in total. The second-order valence-corrected chi connectivity index (χ2v) is 10.3. The van der Waals surface area contributed by atoms with Crippen molar-refractivity contribution in [2.45, 2.75) is 30.8 Å². The molecular formula is C26H33N5S. The van der Waals surface area contributed by atoms with E-state index in [9.17, 15) is 0 Å². The molecule has 3 heterocycles. The van der Waals surface area contributed by atoms with Crippen molar-refractivity contribution in [3.8, 4) is 11.4 Å². The normalized spacial score (nSPS) is 18.5. The third kappa shape index (κ3) is 4.71. The van der Waals surface area contributed by atoms with Crippen LogP contribution in [0, 0.1) is 5.41 Å². The molecule has 6 heteroatoms. The van der Waals surface area contributed by atoms with Gasteiger partial charge in [0, 0.05) is 37.1 Å². The highest BCUT2D eigenvalue weighted by Crippen LogP contribution is 2.41. The predicted octanol–water partition coefficient (Wildman–Crippen LogP) is 4.96. The molecule has 2 aliphatic rings. The minimum Gasteiger partial charge on any atom is -0.371 e. The van der Waals surface area contributed by atoms with Gasteiger partial charge in [-0.1, -0.05) is 60.3 Å². The molecule has 2 saturated heterocycles. The van der Waals surface area contributed by atoms with Gasteiger partial charge in [-0.2, -0.15) is 0 Å². The molecule has 32 heavy (non-hydrogen) atoms. The Hall–Kier alpha value is -2.31. The monoisotopic (exact) mass is 447 g/mol. The fourth-order valence-electron chi connectivity index (χ4n) is 5.18. The summed E-state index contributed by atoms with van der Waals surface area (Å²) in [4.78, 5) is 5.26. The zero-order valence-corrected chi connectivity index (χ0v) is 19.8. The molecular weight excluding hydrogens is 414 g/mol. The second-order valence-electron chi connectivity index (χ2n) is 9.28. The Labute approximate surface area is 195 Å². The predicted molar refractivity (Wildman–Crippen MR) is 133 cm³/mol. The largest absolute Gasteiger partial charge is 0.371 e. The van der Waals surface area contributed by atoms with E-state index in [-0.39, 0.29) is 0 Å². The molecule has 3 aromatic rings. The van der Waals surface area contributed by atoms with Gasteiger partial charge in [0.1, 0.15) is 0 Å². The summed E-state index contributed by atoms with van der Waals surface area (Å²) in [6.07, 6.45) is 5.23. The Bertz CT molecular complexity index is 996. The molecule has 2 aromatic carbocycles. The van der Waals surface area contributed by atoms with Crippen LogP contribution in [0.4, 0.5) is 5.69 Å². The molecule has 0 amide bonds. The van der Waals surface area contributed by atoms with E-state index in [0.717, 1.165) is 22.3 Å². The summed E-state index contributed by atoms with van der Waals surface area (Å²) in [5.41, 5.74) is 3.05. The number of aromatic nitrogens is 3. The highest BCUT2D eigenvalue weighted by Gasteiger charge is 2.40. The Balaban J connectivity index is 1.05. The summed E-state index contributed by atoms with van der Waals surface area (Å²) in [6, 6.07) is 21.2. The average molecular weight is 448 g/mol. The topological polar surface area (TPSA) is 37.2 Å². The number of anilines is 1. The summed E-state index contributed by atoms with van der Waals surface area (Å²) in [5, 5.41) is 9.82. The zero-order chi connectivity index (χ0) is 21.8. The van der Waals surface area contributed by atoms with E-state index in [4.69, 9.17) is 0 Å². The number of hydrogen-bond donors (Lipinski definition) is 0. The smallest absolute Gasteiger partial charge is 0.191 e. The van der Waals surface area contributed by atoms with Crippen LogP contribution >= 0.6 is 11.8 Å². The van der Waals surface area contributed by atoms with Gasteiger partial charge in [-0.25, -0.2) is 0 Å². The Kier molecular flexibility index (Phi) is 6.51. The first-order valence-electron chi connectivity index (χ1n) is 11.8. The summed E-state index contributed by atoms with van der Waals surface area (Å²) >= 11 is 1.82. The number of nitrogens with zero attached hydrogens (tertiary/aromatic N) is 5. The van der Waals surface area contributed by atoms with Gasteiger partial charge < -0.3 is 14.4 Å². The fraction of sp³-hybridized carbons (Fsp3) is 0.462. The van der Waals surface area contributed by atoms with Crippen LogP contribution in [0.2, 0.25) is 0 Å². The SMILES string of the molecule is Cn1c(SCCCN2CCC3(CC2)CCN(c2ccccc2)C3)nnc1-c1ccccc1. The van der Waals surface area contributed by atoms with Gasteiger partial charge in [-0.05, 0) is 62.9 Å². The molecule has 0 aliphatic carbocycles. The number of benzene rings is 2. The van der Waals surface area contributed by atoms with Gasteiger partial charge in [0.05, 0.1) is 0 Å². The molecule has 168 valence electrons. The van der Waals surface area contributed by atoms with Crippen LogP contribution in [0.5, 0.6) is 0 Å². The summed E-state index contributed by atoms with van der Waals surface area (Å²) in [7, 11) is 2.06. The van der Waals surface area contributed by atoms with Crippen molar-refractivity contribution in [3.63, 3.8) is 0 Å². The van der Waals surface area contributed by atoms with Crippen molar-refractivity contribution in [2.24, 2.45) is 12.5 Å². The van der Waals surface area contributed by atoms with Crippen molar-refractivity contribution in [1.29, 1.82) is 0 Å². The van der Waals surface area contributed by atoms with Gasteiger partial charge in [0.25, 0.3) is 0 Å². The quantitative estimate of drug-likeness (QED) is 0.378. The molecule has 0 unspecified atom stereocenters. The number of thioether (sulfide) groups is 1. The molecule has 0 atom stereocenters. The second kappa shape index (κ2) is 9.67. The van der Waals surface area contributed by atoms with Crippen LogP contribution in [0.15, 0.2) is 65.8 Å². The van der Waals surface area contributed by atoms with Gasteiger partial charge in [0.15, 0.2) is 11.0 Å². The molecule has 2 aliphatic heterocycles. The minimum atomic E-state index is 0.535. The van der Waals surface area contributed by atoms with Crippen LogP contribution < -0.4 is 4.90 Å². The van der Waals surface area contributed by atoms with Gasteiger partial charge in [0.2, 0.25) is 0 Å². The third-order valence-corrected chi connectivity index (χ3v) is 8.30. The van der Waals surface area contributed by atoms with Crippen molar-refractivity contribution < 1.29 is 0 Å². The first kappa shape index (κ1) is 21.5. The molecule has 5 rings (SSSR count). The lowest BCUT2D eigenvalue weighted by atomic mass is 9.78. The van der Waals surface area contributed by atoms with E-state index < -0.39 is 0 Å². The molecule has 1 aromatic heterocycles. The van der Waals surface area contributed by atoms with Crippen molar-refractivity contribution >= 4 is 17.4 Å². The summed E-state index contributed by atoms with van der Waals surface area (Å²) in [5.74, 6) is 2.03. The van der Waals surface area contributed by atoms with Gasteiger partial charge in [-0.3, -0.25) is 0 Å². The minimum absolute atomic E-state index is 0.535. The standard InChI is InChI=1S/C26H33N5S/c1-29-24(22-9-4-2-5-10-22)27-28-25(29)32-20-8-16-30-17-13-26(14-18-30)15-19-31(21-26)23-11-6-3-7-12-23/h2-7,9-12H,8,13-21H2,1H3. The number of rotatable bonds is 7. The lowest BCUT2D eigenvalue weighted by Gasteiger charge is -2.39. The van der Waals surface area contributed by atoms with Crippen LogP contribution in [0.3, 0.4) is 0 Å². The summed E-state index contributed by atoms with van der Waals surface area (Å²) in [6.45, 7) is 6.12. The first-order valence-corrected chi connectivity index (χ1v) is 12.8. The van der Waals surface area contributed by atoms with Crippen LogP contribution in [-0.2, 0) is 7.05 Å². The van der Waals surface area contributed by atoms with E-state index in [2.05, 4.69) is 74.1 Å². The molecule has 0 N–H and O–H groups in total. The number of hydrogen-bond acceptors (Lipinski definition) is 5. The van der Waals surface area contributed by atoms with Crippen LogP contribution in [0.1, 0.15) is 25.7 Å². The van der Waals surface area contributed by atoms with Crippen LogP contribution in [0.25, 0.3) is 11.4 Å². The van der Waals surface area contributed by atoms with Gasteiger partial charge in [-0.15, -0.1) is 10.2 Å². The Morgan fingerprint density at radius 1 is 0.875 bits per heavy atom. The number of para-hydroxylation sites is 1. The molecule has 1 spiro atoms. The van der Waals surface area contributed by atoms with Gasteiger partial charge >= 0.3 is 0 Å². The third-order valence-electron chi connectivity index (χ3n) is 7.19. The zero-order valence-electron chi connectivity index (χ0n) is 19.0. The maximum Gasteiger partial charge on any atom is 0.191 e. The Morgan fingerprint density at radius 3 is 2.31 bits per heavy atom. The van der Waals surface area contributed by atoms with Crippen molar-refractivity contribution in [2.75, 3.05) is 43.4 Å². The number of piperidine rings is 1. The van der Waals surface area contributed by atoms with Crippen molar-refractivity contribution in [1.82, 2.24) is 19.7 Å². The summed E-state index contributed by atoms with van der Waals surface area (Å²) < 4.78 is 2.11.